The Hall–Kier alpha value is -3.78. The Balaban J connectivity index is 1.33. The second-order valence-electron chi connectivity index (χ2n) is 7.52. The number of nitrogens with zero attached hydrogens (tertiary/aromatic N) is 2. The number of hydrogen-bond donors (Lipinski definition) is 1. The van der Waals surface area contributed by atoms with Gasteiger partial charge in [0, 0.05) is 16.8 Å². The number of amides is 1. The lowest BCUT2D eigenvalue weighted by Crippen LogP contribution is -2.11. The van der Waals surface area contributed by atoms with Gasteiger partial charge in [-0.25, -0.2) is 0 Å². The van der Waals surface area contributed by atoms with Gasteiger partial charge >= 0.3 is 6.18 Å². The molecule has 1 heterocycles. The van der Waals surface area contributed by atoms with Crippen molar-refractivity contribution < 1.29 is 22.7 Å². The van der Waals surface area contributed by atoms with Crippen molar-refractivity contribution >= 4 is 23.2 Å². The Bertz CT molecular complexity index is 1290. The van der Waals surface area contributed by atoms with Crippen molar-refractivity contribution in [2.75, 3.05) is 5.32 Å². The maximum Gasteiger partial charge on any atom is 0.416 e. The molecule has 0 saturated heterocycles. The minimum atomic E-state index is -4.41. The van der Waals surface area contributed by atoms with Gasteiger partial charge in [-0.05, 0) is 53.6 Å². The predicted octanol–water partition coefficient (Wildman–Crippen LogP) is 6.43. The molecule has 0 saturated carbocycles. The van der Waals surface area contributed by atoms with Gasteiger partial charge in [-0.2, -0.15) is 18.3 Å². The number of ether oxygens (including phenoxy) is 1. The summed E-state index contributed by atoms with van der Waals surface area (Å²) in [4.78, 5) is 12.5. The van der Waals surface area contributed by atoms with Gasteiger partial charge in [0.1, 0.15) is 12.4 Å². The molecule has 174 valence electrons. The second kappa shape index (κ2) is 10.0. The third-order valence-electron chi connectivity index (χ3n) is 4.91. The van der Waals surface area contributed by atoms with Crippen LogP contribution in [-0.2, 0) is 19.3 Å². The molecule has 5 nitrogen and oxygen atoms in total. The van der Waals surface area contributed by atoms with Crippen LogP contribution in [-0.4, -0.2) is 15.7 Å². The number of alkyl halides is 3. The number of hydrogen-bond acceptors (Lipinski definition) is 3. The van der Waals surface area contributed by atoms with Gasteiger partial charge in [0.25, 0.3) is 5.91 Å². The Kier molecular flexibility index (Phi) is 6.88. The smallest absolute Gasteiger partial charge is 0.416 e. The summed E-state index contributed by atoms with van der Waals surface area (Å²) < 4.78 is 45.8. The van der Waals surface area contributed by atoms with Gasteiger partial charge in [0.15, 0.2) is 0 Å². The molecule has 4 aromatic rings. The zero-order valence-electron chi connectivity index (χ0n) is 17.7. The molecule has 1 aromatic heterocycles. The van der Waals surface area contributed by atoms with Gasteiger partial charge in [-0.3, -0.25) is 9.48 Å². The van der Waals surface area contributed by atoms with Gasteiger partial charge in [-0.1, -0.05) is 41.9 Å². The van der Waals surface area contributed by atoms with Crippen LogP contribution in [0, 0.1) is 0 Å². The highest BCUT2D eigenvalue weighted by atomic mass is 35.5. The minimum absolute atomic E-state index is 0.140. The van der Waals surface area contributed by atoms with Crippen LogP contribution >= 0.6 is 11.6 Å². The average Bonchev–Trinajstić information content (AvgIpc) is 3.24. The molecule has 0 atom stereocenters. The van der Waals surface area contributed by atoms with Crippen molar-refractivity contribution in [3.63, 3.8) is 0 Å². The fourth-order valence-corrected chi connectivity index (χ4v) is 3.41. The fraction of sp³-hybridized carbons (Fsp3) is 0.120. The third kappa shape index (κ3) is 6.17. The zero-order valence-corrected chi connectivity index (χ0v) is 18.5. The maximum absolute atomic E-state index is 12.9. The third-order valence-corrected chi connectivity index (χ3v) is 5.14. The standard InChI is InChI=1S/C25H19ClF3N3O2/c26-21-5-2-6-23(12-21)34-16-17-7-9-19(10-8-17)24(33)31-22-13-30-32(15-22)14-18-3-1-4-20(11-18)25(27,28)29/h1-13,15H,14,16H2,(H,31,33). The summed E-state index contributed by atoms with van der Waals surface area (Å²) in [6, 6.07) is 19.1. The summed E-state index contributed by atoms with van der Waals surface area (Å²) in [6.45, 7) is 0.464. The highest BCUT2D eigenvalue weighted by Crippen LogP contribution is 2.29. The number of carbonyl (C=O) groups excluding carboxylic acids is 1. The van der Waals surface area contributed by atoms with Crippen LogP contribution in [0.5, 0.6) is 5.75 Å². The van der Waals surface area contributed by atoms with Crippen LogP contribution in [0.1, 0.15) is 27.0 Å². The molecule has 0 spiro atoms. The molecule has 1 N–H and O–H groups in total. The summed E-state index contributed by atoms with van der Waals surface area (Å²) >= 11 is 5.94. The van der Waals surface area contributed by atoms with Crippen LogP contribution in [0.4, 0.5) is 18.9 Å². The van der Waals surface area contributed by atoms with Gasteiger partial charge in [0.2, 0.25) is 0 Å². The molecular weight excluding hydrogens is 467 g/mol. The molecule has 9 heteroatoms. The summed E-state index contributed by atoms with van der Waals surface area (Å²) in [6.07, 6.45) is -1.40. The van der Waals surface area contributed by atoms with Crippen LogP contribution < -0.4 is 10.1 Å². The van der Waals surface area contributed by atoms with Crippen molar-refractivity contribution in [1.82, 2.24) is 9.78 Å². The minimum Gasteiger partial charge on any atom is -0.489 e. The highest BCUT2D eigenvalue weighted by molar-refractivity contribution is 6.30. The van der Waals surface area contributed by atoms with Gasteiger partial charge < -0.3 is 10.1 Å². The number of rotatable bonds is 7. The van der Waals surface area contributed by atoms with E-state index in [-0.39, 0.29) is 12.5 Å². The number of nitrogens with one attached hydrogen (secondary N) is 1. The highest BCUT2D eigenvalue weighted by Gasteiger charge is 2.30. The molecule has 1 amide bonds. The molecule has 0 fully saturated rings. The second-order valence-corrected chi connectivity index (χ2v) is 7.96. The van der Waals surface area contributed by atoms with E-state index in [2.05, 4.69) is 10.4 Å². The van der Waals surface area contributed by atoms with Gasteiger partial charge in [-0.15, -0.1) is 0 Å². The van der Waals surface area contributed by atoms with E-state index >= 15 is 0 Å². The maximum atomic E-state index is 12.9. The van der Waals surface area contributed by atoms with E-state index in [9.17, 15) is 18.0 Å². The average molecular weight is 486 g/mol. The van der Waals surface area contributed by atoms with E-state index in [1.807, 2.05) is 0 Å². The molecule has 0 aliphatic carbocycles. The van der Waals surface area contributed by atoms with Crippen molar-refractivity contribution in [1.29, 1.82) is 0 Å². The van der Waals surface area contributed by atoms with E-state index in [1.54, 1.807) is 60.8 Å². The molecule has 0 aliphatic heterocycles. The Morgan fingerprint density at radius 2 is 1.76 bits per heavy atom. The van der Waals surface area contributed by atoms with Crippen LogP contribution in [0.3, 0.4) is 0 Å². The predicted molar refractivity (Wildman–Crippen MR) is 123 cm³/mol. The fourth-order valence-electron chi connectivity index (χ4n) is 3.23. The number of aromatic nitrogens is 2. The van der Waals surface area contributed by atoms with E-state index < -0.39 is 11.7 Å². The van der Waals surface area contributed by atoms with E-state index in [4.69, 9.17) is 16.3 Å². The molecule has 0 radical (unpaired) electrons. The van der Waals surface area contributed by atoms with Crippen molar-refractivity contribution in [2.24, 2.45) is 0 Å². The first-order valence-electron chi connectivity index (χ1n) is 10.2. The number of benzene rings is 3. The Morgan fingerprint density at radius 3 is 2.50 bits per heavy atom. The summed E-state index contributed by atoms with van der Waals surface area (Å²) in [5.74, 6) is 0.317. The van der Waals surface area contributed by atoms with Crippen LogP contribution in [0.2, 0.25) is 5.02 Å². The SMILES string of the molecule is O=C(Nc1cnn(Cc2cccc(C(F)(F)F)c2)c1)c1ccc(COc2cccc(Cl)c2)cc1. The summed E-state index contributed by atoms with van der Waals surface area (Å²) in [5.41, 5.74) is 1.49. The molecule has 4 rings (SSSR count). The van der Waals surface area contributed by atoms with Crippen LogP contribution in [0.15, 0.2) is 85.2 Å². The number of anilines is 1. The lowest BCUT2D eigenvalue weighted by molar-refractivity contribution is -0.137. The normalized spacial score (nSPS) is 11.3. The van der Waals surface area contributed by atoms with Gasteiger partial charge in [0.05, 0.1) is 24.0 Å². The Labute approximate surface area is 198 Å². The largest absolute Gasteiger partial charge is 0.489 e. The van der Waals surface area contributed by atoms with E-state index in [1.165, 1.54) is 16.9 Å². The Morgan fingerprint density at radius 1 is 1.00 bits per heavy atom. The first kappa shape index (κ1) is 23.4. The first-order chi connectivity index (χ1) is 16.3. The summed E-state index contributed by atoms with van der Waals surface area (Å²) in [5, 5.41) is 7.44. The molecule has 0 aliphatic rings. The lowest BCUT2D eigenvalue weighted by atomic mass is 10.1. The molecule has 0 bridgehead atoms. The zero-order chi connectivity index (χ0) is 24.1. The van der Waals surface area contributed by atoms with E-state index in [0.29, 0.717) is 34.2 Å². The quantitative estimate of drug-likeness (QED) is 0.328. The summed E-state index contributed by atoms with van der Waals surface area (Å²) in [7, 11) is 0. The monoisotopic (exact) mass is 485 g/mol. The topological polar surface area (TPSA) is 56.2 Å². The molecular formula is C25H19ClF3N3O2. The number of carbonyl (C=O) groups is 1. The van der Waals surface area contributed by atoms with Crippen molar-refractivity contribution in [3.8, 4) is 5.75 Å². The molecule has 3 aromatic carbocycles. The first-order valence-corrected chi connectivity index (χ1v) is 10.6. The number of halogens is 4. The van der Waals surface area contributed by atoms with E-state index in [0.717, 1.165) is 17.7 Å². The molecule has 0 unspecified atom stereocenters. The lowest BCUT2D eigenvalue weighted by Gasteiger charge is -2.09. The molecule has 34 heavy (non-hydrogen) atoms. The van der Waals surface area contributed by atoms with Crippen molar-refractivity contribution in [3.05, 3.63) is 112 Å². The van der Waals surface area contributed by atoms with Crippen molar-refractivity contribution in [2.45, 2.75) is 19.3 Å². The van der Waals surface area contributed by atoms with Crippen LogP contribution in [0.25, 0.3) is 0 Å².